The summed E-state index contributed by atoms with van der Waals surface area (Å²) in [5.41, 5.74) is 0. The summed E-state index contributed by atoms with van der Waals surface area (Å²) in [6, 6.07) is -0.928. The molecule has 14 heteroatoms. The van der Waals surface area contributed by atoms with Crippen molar-refractivity contribution in [2.75, 3.05) is 19.8 Å². The highest BCUT2D eigenvalue weighted by molar-refractivity contribution is 5.76. The van der Waals surface area contributed by atoms with Gasteiger partial charge in [-0.05, 0) is 57.8 Å². The molecule has 9 N–H and O–H groups in total. The number of allylic oxidation sites excluding steroid dienone is 7. The highest BCUT2D eigenvalue weighted by atomic mass is 16.7. The third-order valence-corrected chi connectivity index (χ3v) is 13.0. The van der Waals surface area contributed by atoms with Crippen LogP contribution in [-0.2, 0) is 23.7 Å². The molecule has 2 rings (SSSR count). The Labute approximate surface area is 410 Å². The molecule has 1 amide bonds. The van der Waals surface area contributed by atoms with Crippen LogP contribution in [0, 0.1) is 0 Å². The second-order valence-corrected chi connectivity index (χ2v) is 19.0. The molecule has 2 fully saturated rings. The first-order valence-electron chi connectivity index (χ1n) is 26.9. The molecule has 0 aromatic heterocycles. The van der Waals surface area contributed by atoms with Gasteiger partial charge in [0.15, 0.2) is 12.6 Å². The topological polar surface area (TPSA) is 228 Å². The van der Waals surface area contributed by atoms with Crippen LogP contribution >= 0.6 is 0 Å². The number of rotatable bonds is 41. The molecule has 12 atom stereocenters. The average Bonchev–Trinajstić information content (AvgIpc) is 3.34. The largest absolute Gasteiger partial charge is 0.394 e. The number of ether oxygens (including phenoxy) is 4. The Bertz CT molecular complexity index is 1330. The van der Waals surface area contributed by atoms with Gasteiger partial charge in [0.2, 0.25) is 5.91 Å². The zero-order valence-electron chi connectivity index (χ0n) is 42.1. The Kier molecular flexibility index (Phi) is 37.0. The minimum absolute atomic E-state index is 0.255. The van der Waals surface area contributed by atoms with Gasteiger partial charge in [0.05, 0.1) is 32.0 Å². The molecule has 12 unspecified atom stereocenters. The first kappa shape index (κ1) is 62.1. The van der Waals surface area contributed by atoms with Crippen molar-refractivity contribution in [2.45, 2.75) is 267 Å². The van der Waals surface area contributed by atoms with Crippen LogP contribution in [-0.4, -0.2) is 140 Å². The highest BCUT2D eigenvalue weighted by Gasteiger charge is 2.51. The van der Waals surface area contributed by atoms with Gasteiger partial charge in [0.1, 0.15) is 48.8 Å². The fourth-order valence-electron chi connectivity index (χ4n) is 8.58. The van der Waals surface area contributed by atoms with Crippen LogP contribution in [0.25, 0.3) is 0 Å². The molecule has 2 saturated heterocycles. The SMILES string of the molecule is CCC/C=C/CC/C=C/C(O)C(COC1OC(CO)C(OC2OC(CO)C(O)C(O)C2O)C(O)C1O)NC(=O)CCCCCCCCCCCCCCCCC/C=C\C/C=C\CCCCCCC. The molecule has 68 heavy (non-hydrogen) atoms. The molecule has 2 aliphatic rings. The zero-order valence-corrected chi connectivity index (χ0v) is 42.1. The van der Waals surface area contributed by atoms with E-state index in [-0.39, 0.29) is 18.9 Å². The van der Waals surface area contributed by atoms with Crippen molar-refractivity contribution in [3.63, 3.8) is 0 Å². The van der Waals surface area contributed by atoms with E-state index in [1.165, 1.54) is 116 Å². The lowest BCUT2D eigenvalue weighted by molar-refractivity contribution is -0.359. The van der Waals surface area contributed by atoms with Gasteiger partial charge in [0, 0.05) is 6.42 Å². The first-order valence-corrected chi connectivity index (χ1v) is 26.9. The van der Waals surface area contributed by atoms with E-state index < -0.39 is 86.8 Å². The number of amides is 1. The fourth-order valence-corrected chi connectivity index (χ4v) is 8.58. The van der Waals surface area contributed by atoms with Crippen LogP contribution in [0.5, 0.6) is 0 Å². The number of hydrogen-bond donors (Lipinski definition) is 9. The third kappa shape index (κ3) is 27.0. The number of nitrogens with one attached hydrogen (secondary N) is 1. The van der Waals surface area contributed by atoms with E-state index in [0.717, 1.165) is 44.9 Å². The normalized spacial score (nSPS) is 26.7. The maximum Gasteiger partial charge on any atom is 0.220 e. The molecule has 2 aliphatic heterocycles. The smallest absolute Gasteiger partial charge is 0.220 e. The van der Waals surface area contributed by atoms with Crippen LogP contribution in [0.1, 0.15) is 194 Å². The number of carbonyl (C=O) groups excluding carboxylic acids is 1. The first-order chi connectivity index (χ1) is 33.1. The van der Waals surface area contributed by atoms with Crippen molar-refractivity contribution in [3.8, 4) is 0 Å². The van der Waals surface area contributed by atoms with Gasteiger partial charge in [-0.25, -0.2) is 0 Å². The predicted molar refractivity (Wildman–Crippen MR) is 267 cm³/mol. The van der Waals surface area contributed by atoms with Gasteiger partial charge >= 0.3 is 0 Å². The summed E-state index contributed by atoms with van der Waals surface area (Å²) in [5.74, 6) is -0.255. The number of aliphatic hydroxyl groups is 8. The van der Waals surface area contributed by atoms with Crippen LogP contribution < -0.4 is 5.32 Å². The van der Waals surface area contributed by atoms with Gasteiger partial charge in [-0.15, -0.1) is 0 Å². The van der Waals surface area contributed by atoms with Crippen molar-refractivity contribution in [1.29, 1.82) is 0 Å². The van der Waals surface area contributed by atoms with Crippen molar-refractivity contribution < 1.29 is 64.6 Å². The molecule has 0 aromatic rings. The summed E-state index contributed by atoms with van der Waals surface area (Å²) in [7, 11) is 0. The van der Waals surface area contributed by atoms with Crippen molar-refractivity contribution >= 4 is 5.91 Å². The molecular weight excluding hydrogens is 871 g/mol. The van der Waals surface area contributed by atoms with E-state index in [0.29, 0.717) is 12.8 Å². The Morgan fingerprint density at radius 3 is 1.57 bits per heavy atom. The molecule has 0 aliphatic carbocycles. The minimum atomic E-state index is -1.79. The minimum Gasteiger partial charge on any atom is -0.394 e. The molecular formula is C54H97NO13. The van der Waals surface area contributed by atoms with Crippen LogP contribution in [0.3, 0.4) is 0 Å². The van der Waals surface area contributed by atoms with E-state index >= 15 is 0 Å². The highest BCUT2D eigenvalue weighted by Crippen LogP contribution is 2.30. The second-order valence-electron chi connectivity index (χ2n) is 19.0. The molecule has 396 valence electrons. The number of aliphatic hydroxyl groups excluding tert-OH is 8. The summed E-state index contributed by atoms with van der Waals surface area (Å²) in [6.45, 7) is 2.63. The summed E-state index contributed by atoms with van der Waals surface area (Å²) < 4.78 is 22.6. The van der Waals surface area contributed by atoms with E-state index in [1.807, 2.05) is 6.08 Å². The Morgan fingerprint density at radius 2 is 1.01 bits per heavy atom. The Hall–Kier alpha value is -2.05. The van der Waals surface area contributed by atoms with Crippen LogP contribution in [0.4, 0.5) is 0 Å². The molecule has 14 nitrogen and oxygen atoms in total. The molecule has 0 spiro atoms. The molecule has 0 aromatic carbocycles. The summed E-state index contributed by atoms with van der Waals surface area (Å²) >= 11 is 0. The van der Waals surface area contributed by atoms with Gasteiger partial charge in [-0.3, -0.25) is 4.79 Å². The standard InChI is InChI=1S/C54H97NO13/c1-3-5-7-9-11-12-13-14-15-16-17-18-19-20-21-22-23-24-25-26-27-28-29-30-32-34-36-38-46(59)55-42(43(58)37-35-33-31-10-8-6-4-2)41-65-53-51(64)49(62)52(45(40-57)67-53)68-54-50(63)48(61)47(60)44(39-56)66-54/h8,10,13-14,16-17,35,37,42-45,47-54,56-58,60-64H,3-7,9,11-12,15,18-34,36,38-41H2,1-2H3,(H,55,59)/b10-8+,14-13-,17-16-,37-35+. The number of unbranched alkanes of at least 4 members (excludes halogenated alkanes) is 22. The van der Waals surface area contributed by atoms with E-state index in [4.69, 9.17) is 18.9 Å². The van der Waals surface area contributed by atoms with Gasteiger partial charge in [-0.1, -0.05) is 178 Å². The Morgan fingerprint density at radius 1 is 0.529 bits per heavy atom. The van der Waals surface area contributed by atoms with Crippen LogP contribution in [0.2, 0.25) is 0 Å². The number of carbonyl (C=O) groups is 1. The summed E-state index contributed by atoms with van der Waals surface area (Å²) in [5, 5.41) is 86.4. The maximum atomic E-state index is 13.1. The average molecular weight is 968 g/mol. The lowest BCUT2D eigenvalue weighted by Gasteiger charge is -2.46. The van der Waals surface area contributed by atoms with Gasteiger partial charge < -0.3 is 65.1 Å². The summed E-state index contributed by atoms with van der Waals surface area (Å²) in [4.78, 5) is 13.1. The predicted octanol–water partition coefficient (Wildman–Crippen LogP) is 7.66. The van der Waals surface area contributed by atoms with Gasteiger partial charge in [-0.2, -0.15) is 0 Å². The van der Waals surface area contributed by atoms with Gasteiger partial charge in [0.25, 0.3) is 0 Å². The molecule has 0 bridgehead atoms. The van der Waals surface area contributed by atoms with E-state index in [2.05, 4.69) is 55.6 Å². The van der Waals surface area contributed by atoms with E-state index in [9.17, 15) is 45.6 Å². The zero-order chi connectivity index (χ0) is 49.6. The lowest BCUT2D eigenvalue weighted by Crippen LogP contribution is -2.65. The molecule has 0 radical (unpaired) electrons. The molecule has 0 saturated carbocycles. The van der Waals surface area contributed by atoms with Crippen LogP contribution in [0.15, 0.2) is 48.6 Å². The molecule has 2 heterocycles. The number of hydrogen-bond acceptors (Lipinski definition) is 13. The third-order valence-electron chi connectivity index (χ3n) is 13.0. The van der Waals surface area contributed by atoms with E-state index in [1.54, 1.807) is 6.08 Å². The fraction of sp³-hybridized carbons (Fsp3) is 0.833. The maximum absolute atomic E-state index is 13.1. The van der Waals surface area contributed by atoms with Crippen molar-refractivity contribution in [3.05, 3.63) is 48.6 Å². The second kappa shape index (κ2) is 40.5. The van der Waals surface area contributed by atoms with Crippen molar-refractivity contribution in [2.24, 2.45) is 0 Å². The Balaban J connectivity index is 1.66. The quantitative estimate of drug-likeness (QED) is 0.0212. The monoisotopic (exact) mass is 968 g/mol. The lowest BCUT2D eigenvalue weighted by atomic mass is 9.97. The van der Waals surface area contributed by atoms with Crippen molar-refractivity contribution in [1.82, 2.24) is 5.32 Å². The summed E-state index contributed by atoms with van der Waals surface area (Å²) in [6.07, 6.45) is 32.1.